The van der Waals surface area contributed by atoms with Gasteiger partial charge in [-0.2, -0.15) is 0 Å². The van der Waals surface area contributed by atoms with Gasteiger partial charge >= 0.3 is 0 Å². The molecule has 0 aromatic heterocycles. The highest BCUT2D eigenvalue weighted by atomic mass is 35.5. The van der Waals surface area contributed by atoms with Crippen LogP contribution in [0.5, 0.6) is 11.5 Å². The maximum Gasteiger partial charge on any atom is 0.227 e. The number of rotatable bonds is 3. The maximum absolute atomic E-state index is 12.9. The second-order valence-electron chi connectivity index (χ2n) is 6.43. The third-order valence-corrected chi connectivity index (χ3v) is 5.05. The first-order valence-corrected chi connectivity index (χ1v) is 9.02. The van der Waals surface area contributed by atoms with Gasteiger partial charge in [-0.1, -0.05) is 41.9 Å². The summed E-state index contributed by atoms with van der Waals surface area (Å²) in [6, 6.07) is 14.1. The van der Waals surface area contributed by atoms with Crippen molar-refractivity contribution in [2.45, 2.75) is 25.3 Å². The van der Waals surface area contributed by atoms with E-state index in [1.165, 1.54) is 5.56 Å². The van der Waals surface area contributed by atoms with E-state index < -0.39 is 0 Å². The Labute approximate surface area is 152 Å². The van der Waals surface area contributed by atoms with Crippen molar-refractivity contribution in [3.63, 3.8) is 0 Å². The van der Waals surface area contributed by atoms with Crippen LogP contribution in [0.15, 0.2) is 42.5 Å². The molecule has 2 aromatic rings. The number of benzene rings is 2. The van der Waals surface area contributed by atoms with Crippen molar-refractivity contribution in [3.8, 4) is 11.5 Å². The molecule has 0 radical (unpaired) electrons. The molecule has 0 N–H and O–H groups in total. The molecular weight excluding hydrogens is 338 g/mol. The van der Waals surface area contributed by atoms with Crippen molar-refractivity contribution in [1.29, 1.82) is 0 Å². The van der Waals surface area contributed by atoms with E-state index in [1.807, 2.05) is 29.2 Å². The summed E-state index contributed by atoms with van der Waals surface area (Å²) in [4.78, 5) is 14.9. The number of carbonyl (C=O) groups excluding carboxylic acids is 1. The van der Waals surface area contributed by atoms with Crippen molar-refractivity contribution in [3.05, 3.63) is 58.6 Å². The molecule has 0 spiro atoms. The minimum atomic E-state index is 0.124. The molecule has 25 heavy (non-hydrogen) atoms. The smallest absolute Gasteiger partial charge is 0.227 e. The van der Waals surface area contributed by atoms with Gasteiger partial charge in [-0.25, -0.2) is 0 Å². The Morgan fingerprint density at radius 2 is 1.96 bits per heavy atom. The summed E-state index contributed by atoms with van der Waals surface area (Å²) in [5.74, 6) is 1.33. The molecule has 130 valence electrons. The van der Waals surface area contributed by atoms with Gasteiger partial charge in [0.05, 0.1) is 17.5 Å². The molecule has 1 amide bonds. The Bertz CT molecular complexity index is 778. The monoisotopic (exact) mass is 357 g/mol. The summed E-state index contributed by atoms with van der Waals surface area (Å²) < 4.78 is 11.1. The molecular formula is C20H20ClNO3. The number of hydrogen-bond donors (Lipinski definition) is 0. The molecule has 4 nitrogen and oxygen atoms in total. The molecule has 4 rings (SSSR count). The van der Waals surface area contributed by atoms with Crippen molar-refractivity contribution in [2.24, 2.45) is 0 Å². The van der Waals surface area contributed by atoms with Gasteiger partial charge in [0, 0.05) is 6.54 Å². The molecule has 2 aliphatic rings. The Hall–Kier alpha value is -2.20. The van der Waals surface area contributed by atoms with Crippen LogP contribution in [0.3, 0.4) is 0 Å². The molecule has 1 unspecified atom stereocenters. The molecule has 0 saturated carbocycles. The number of halogens is 1. The number of hydrogen-bond acceptors (Lipinski definition) is 3. The highest BCUT2D eigenvalue weighted by Gasteiger charge is 2.30. The van der Waals surface area contributed by atoms with E-state index in [0.717, 1.165) is 24.9 Å². The normalized spacial score (nSPS) is 19.1. The largest absolute Gasteiger partial charge is 0.486 e. The van der Waals surface area contributed by atoms with Gasteiger partial charge in [0.1, 0.15) is 13.2 Å². The van der Waals surface area contributed by atoms with Gasteiger partial charge in [-0.3, -0.25) is 4.79 Å². The number of fused-ring (bicyclic) bond motifs is 1. The van der Waals surface area contributed by atoms with Gasteiger partial charge in [-0.05, 0) is 36.1 Å². The highest BCUT2D eigenvalue weighted by molar-refractivity contribution is 6.32. The van der Waals surface area contributed by atoms with E-state index in [2.05, 4.69) is 12.1 Å². The van der Waals surface area contributed by atoms with E-state index in [1.54, 1.807) is 6.07 Å². The number of nitrogens with zero attached hydrogens (tertiary/aromatic N) is 1. The van der Waals surface area contributed by atoms with Gasteiger partial charge in [0.25, 0.3) is 0 Å². The van der Waals surface area contributed by atoms with E-state index >= 15 is 0 Å². The molecule has 1 fully saturated rings. The molecule has 2 aliphatic heterocycles. The molecule has 1 atom stereocenters. The van der Waals surface area contributed by atoms with Gasteiger partial charge in [0.2, 0.25) is 5.91 Å². The summed E-state index contributed by atoms with van der Waals surface area (Å²) in [5.41, 5.74) is 2.06. The van der Waals surface area contributed by atoms with Gasteiger partial charge in [-0.15, -0.1) is 0 Å². The van der Waals surface area contributed by atoms with E-state index in [-0.39, 0.29) is 11.9 Å². The van der Waals surface area contributed by atoms with Crippen molar-refractivity contribution in [1.82, 2.24) is 4.90 Å². The maximum atomic E-state index is 12.9. The number of amides is 1. The summed E-state index contributed by atoms with van der Waals surface area (Å²) in [6.45, 7) is 1.80. The molecule has 1 saturated heterocycles. The van der Waals surface area contributed by atoms with E-state index in [4.69, 9.17) is 21.1 Å². The SMILES string of the molecule is O=C(Cc1cc(Cl)c2c(c1)OCCO2)N1CCCC1c1ccccc1. The van der Waals surface area contributed by atoms with Crippen LogP contribution in [-0.4, -0.2) is 30.6 Å². The fraction of sp³-hybridized carbons (Fsp3) is 0.350. The van der Waals surface area contributed by atoms with Crippen LogP contribution in [0, 0.1) is 0 Å². The zero-order chi connectivity index (χ0) is 17.2. The molecule has 2 heterocycles. The first-order valence-electron chi connectivity index (χ1n) is 8.65. The van der Waals surface area contributed by atoms with Crippen molar-refractivity contribution >= 4 is 17.5 Å². The predicted molar refractivity (Wildman–Crippen MR) is 96.3 cm³/mol. The van der Waals surface area contributed by atoms with Crippen LogP contribution in [-0.2, 0) is 11.2 Å². The van der Waals surface area contributed by atoms with Crippen molar-refractivity contribution in [2.75, 3.05) is 19.8 Å². The summed E-state index contributed by atoms with van der Waals surface area (Å²) in [7, 11) is 0. The van der Waals surface area contributed by atoms with E-state index in [0.29, 0.717) is 36.2 Å². The molecule has 5 heteroatoms. The van der Waals surface area contributed by atoms with Crippen LogP contribution < -0.4 is 9.47 Å². The Morgan fingerprint density at radius 3 is 2.80 bits per heavy atom. The fourth-order valence-corrected chi connectivity index (χ4v) is 3.92. The van der Waals surface area contributed by atoms with E-state index in [9.17, 15) is 4.79 Å². The quantitative estimate of drug-likeness (QED) is 0.832. The summed E-state index contributed by atoms with van der Waals surface area (Å²) in [5, 5.41) is 0.501. The Balaban J connectivity index is 1.53. The topological polar surface area (TPSA) is 38.8 Å². The molecule has 2 aromatic carbocycles. The van der Waals surface area contributed by atoms with Crippen LogP contribution in [0.1, 0.15) is 30.0 Å². The first kappa shape index (κ1) is 16.3. The average molecular weight is 358 g/mol. The minimum Gasteiger partial charge on any atom is -0.486 e. The lowest BCUT2D eigenvalue weighted by molar-refractivity contribution is -0.131. The molecule has 0 aliphatic carbocycles. The number of carbonyl (C=O) groups is 1. The zero-order valence-electron chi connectivity index (χ0n) is 13.9. The summed E-state index contributed by atoms with van der Waals surface area (Å²) in [6.07, 6.45) is 2.37. The third-order valence-electron chi connectivity index (χ3n) is 4.77. The van der Waals surface area contributed by atoms with Crippen LogP contribution in [0.25, 0.3) is 0 Å². The zero-order valence-corrected chi connectivity index (χ0v) is 14.7. The fourth-order valence-electron chi connectivity index (χ4n) is 3.63. The van der Waals surface area contributed by atoms with Gasteiger partial charge < -0.3 is 14.4 Å². The van der Waals surface area contributed by atoms with Gasteiger partial charge in [0.15, 0.2) is 11.5 Å². The minimum absolute atomic E-state index is 0.124. The lowest BCUT2D eigenvalue weighted by Gasteiger charge is -2.26. The Morgan fingerprint density at radius 1 is 1.16 bits per heavy atom. The second kappa shape index (κ2) is 6.96. The lowest BCUT2D eigenvalue weighted by Crippen LogP contribution is -2.31. The number of likely N-dealkylation sites (tertiary alicyclic amines) is 1. The molecule has 0 bridgehead atoms. The summed E-state index contributed by atoms with van der Waals surface area (Å²) >= 11 is 6.29. The number of ether oxygens (including phenoxy) is 2. The third kappa shape index (κ3) is 3.31. The second-order valence-corrected chi connectivity index (χ2v) is 6.84. The first-order chi connectivity index (χ1) is 12.2. The van der Waals surface area contributed by atoms with Crippen LogP contribution in [0.2, 0.25) is 5.02 Å². The lowest BCUT2D eigenvalue weighted by atomic mass is 10.0. The Kier molecular flexibility index (Phi) is 4.53. The predicted octanol–water partition coefficient (Wildman–Crippen LogP) is 4.02. The van der Waals surface area contributed by atoms with Crippen molar-refractivity contribution < 1.29 is 14.3 Å². The van der Waals surface area contributed by atoms with Crippen LogP contribution >= 0.6 is 11.6 Å². The standard InChI is InChI=1S/C20H20ClNO3/c21-16-11-14(12-18-20(16)25-10-9-24-18)13-19(23)22-8-4-7-17(22)15-5-2-1-3-6-15/h1-3,5-6,11-12,17H,4,7-10,13H2. The van der Waals surface area contributed by atoms with Crippen LogP contribution in [0.4, 0.5) is 0 Å². The highest BCUT2D eigenvalue weighted by Crippen LogP contribution is 2.39. The average Bonchev–Trinajstić information content (AvgIpc) is 3.12.